The molecular formula is C14H13N3O3S. The summed E-state index contributed by atoms with van der Waals surface area (Å²) in [6, 6.07) is 6.18. The maximum atomic E-state index is 11.6. The number of benzene rings is 1. The van der Waals surface area contributed by atoms with Crippen molar-refractivity contribution in [3.63, 3.8) is 0 Å². The standard InChI is InChI=1S/C14H13N3O3S/c1-9-16-12(8-21-9)6-13(18)17-15-7-10-2-4-11(5-3-10)14(19)20/h2-5,7-8H,6H2,1H3,(H,17,18)(H,19,20)/b15-7-. The van der Waals surface area contributed by atoms with Crippen LogP contribution < -0.4 is 5.43 Å². The predicted octanol–water partition coefficient (Wildman–Crippen LogP) is 1.84. The summed E-state index contributed by atoms with van der Waals surface area (Å²) >= 11 is 1.49. The summed E-state index contributed by atoms with van der Waals surface area (Å²) < 4.78 is 0. The first-order chi connectivity index (χ1) is 10.0. The van der Waals surface area contributed by atoms with Gasteiger partial charge in [-0.2, -0.15) is 5.10 Å². The minimum atomic E-state index is -0.981. The number of aryl methyl sites for hydroxylation is 1. The molecule has 0 unspecified atom stereocenters. The number of carbonyl (C=O) groups is 2. The Labute approximate surface area is 125 Å². The Hall–Kier alpha value is -2.54. The summed E-state index contributed by atoms with van der Waals surface area (Å²) in [7, 11) is 0. The smallest absolute Gasteiger partial charge is 0.335 e. The number of hydrogen-bond acceptors (Lipinski definition) is 5. The van der Waals surface area contributed by atoms with E-state index in [1.54, 1.807) is 12.1 Å². The second kappa shape index (κ2) is 6.76. The first-order valence-electron chi connectivity index (χ1n) is 6.11. The van der Waals surface area contributed by atoms with Crippen molar-refractivity contribution in [2.75, 3.05) is 0 Å². The SMILES string of the molecule is Cc1nc(CC(=O)N/N=C\c2ccc(C(=O)O)cc2)cs1. The van der Waals surface area contributed by atoms with Crippen LogP contribution in [0.15, 0.2) is 34.7 Å². The molecule has 108 valence electrons. The molecule has 0 aliphatic carbocycles. The summed E-state index contributed by atoms with van der Waals surface area (Å²) in [4.78, 5) is 26.5. The zero-order chi connectivity index (χ0) is 15.2. The van der Waals surface area contributed by atoms with E-state index in [2.05, 4.69) is 15.5 Å². The van der Waals surface area contributed by atoms with Gasteiger partial charge in [0.05, 0.1) is 28.9 Å². The molecule has 1 aromatic carbocycles. The summed E-state index contributed by atoms with van der Waals surface area (Å²) in [5, 5.41) is 15.3. The third-order valence-corrected chi connectivity index (χ3v) is 3.39. The van der Waals surface area contributed by atoms with Gasteiger partial charge in [0.1, 0.15) is 0 Å². The van der Waals surface area contributed by atoms with Crippen molar-refractivity contribution in [2.24, 2.45) is 5.10 Å². The van der Waals surface area contributed by atoms with Gasteiger partial charge in [-0.25, -0.2) is 15.2 Å². The highest BCUT2D eigenvalue weighted by atomic mass is 32.1. The van der Waals surface area contributed by atoms with Crippen LogP contribution >= 0.6 is 11.3 Å². The summed E-state index contributed by atoms with van der Waals surface area (Å²) in [5.74, 6) is -1.23. The number of aromatic carboxylic acids is 1. The number of aromatic nitrogens is 1. The van der Waals surface area contributed by atoms with Crippen molar-refractivity contribution in [3.8, 4) is 0 Å². The first kappa shape index (κ1) is 14.9. The number of thiazole rings is 1. The van der Waals surface area contributed by atoms with Crippen LogP contribution in [-0.2, 0) is 11.2 Å². The molecule has 1 amide bonds. The Kier molecular flexibility index (Phi) is 4.78. The molecule has 7 heteroatoms. The van der Waals surface area contributed by atoms with Crippen molar-refractivity contribution in [1.29, 1.82) is 0 Å². The molecule has 0 atom stereocenters. The van der Waals surface area contributed by atoms with Crippen LogP contribution in [0.4, 0.5) is 0 Å². The molecule has 2 N–H and O–H groups in total. The highest BCUT2D eigenvalue weighted by Gasteiger charge is 2.05. The number of nitrogens with one attached hydrogen (secondary N) is 1. The normalized spacial score (nSPS) is 10.7. The molecule has 21 heavy (non-hydrogen) atoms. The molecule has 1 heterocycles. The van der Waals surface area contributed by atoms with Crippen molar-refractivity contribution in [3.05, 3.63) is 51.5 Å². The molecular weight excluding hydrogens is 290 g/mol. The lowest BCUT2D eigenvalue weighted by atomic mass is 10.1. The van der Waals surface area contributed by atoms with Gasteiger partial charge in [-0.05, 0) is 24.6 Å². The monoisotopic (exact) mass is 303 g/mol. The van der Waals surface area contributed by atoms with E-state index in [1.807, 2.05) is 12.3 Å². The van der Waals surface area contributed by atoms with Crippen LogP contribution in [0.2, 0.25) is 0 Å². The number of hydrazone groups is 1. The average Bonchev–Trinajstić information content (AvgIpc) is 2.84. The number of nitrogens with zero attached hydrogens (tertiary/aromatic N) is 2. The second-order valence-corrected chi connectivity index (χ2v) is 5.32. The molecule has 0 saturated carbocycles. The van der Waals surface area contributed by atoms with E-state index in [0.29, 0.717) is 5.56 Å². The molecule has 2 rings (SSSR count). The average molecular weight is 303 g/mol. The van der Waals surface area contributed by atoms with Gasteiger partial charge < -0.3 is 5.11 Å². The van der Waals surface area contributed by atoms with Crippen LogP contribution in [0.3, 0.4) is 0 Å². The quantitative estimate of drug-likeness (QED) is 0.651. The van der Waals surface area contributed by atoms with Crippen LogP contribution in [0.1, 0.15) is 26.6 Å². The minimum absolute atomic E-state index is 0.180. The highest BCUT2D eigenvalue weighted by molar-refractivity contribution is 7.09. The third kappa shape index (κ3) is 4.50. The molecule has 1 aromatic heterocycles. The number of amides is 1. The van der Waals surface area contributed by atoms with Gasteiger partial charge in [0.25, 0.3) is 0 Å². The van der Waals surface area contributed by atoms with Crippen LogP contribution in [0, 0.1) is 6.92 Å². The fourth-order valence-electron chi connectivity index (χ4n) is 1.58. The second-order valence-electron chi connectivity index (χ2n) is 4.25. The van der Waals surface area contributed by atoms with Crippen molar-refractivity contribution >= 4 is 29.4 Å². The van der Waals surface area contributed by atoms with Crippen LogP contribution in [0.5, 0.6) is 0 Å². The van der Waals surface area contributed by atoms with E-state index >= 15 is 0 Å². The Morgan fingerprint density at radius 1 is 1.38 bits per heavy atom. The Morgan fingerprint density at radius 3 is 2.67 bits per heavy atom. The van der Waals surface area contributed by atoms with E-state index in [9.17, 15) is 9.59 Å². The summed E-state index contributed by atoms with van der Waals surface area (Å²) in [6.07, 6.45) is 1.63. The van der Waals surface area contributed by atoms with E-state index in [-0.39, 0.29) is 17.9 Å². The molecule has 0 fully saturated rings. The zero-order valence-electron chi connectivity index (χ0n) is 11.2. The van der Waals surface area contributed by atoms with Gasteiger partial charge >= 0.3 is 5.97 Å². The van der Waals surface area contributed by atoms with E-state index < -0.39 is 5.97 Å². The number of carboxylic acids is 1. The fourth-order valence-corrected chi connectivity index (χ4v) is 2.20. The van der Waals surface area contributed by atoms with Crippen LogP contribution in [0.25, 0.3) is 0 Å². The summed E-state index contributed by atoms with van der Waals surface area (Å²) in [6.45, 7) is 1.88. The van der Waals surface area contributed by atoms with E-state index in [0.717, 1.165) is 10.7 Å². The van der Waals surface area contributed by atoms with Gasteiger partial charge in [0, 0.05) is 5.38 Å². The van der Waals surface area contributed by atoms with Gasteiger partial charge in [0.15, 0.2) is 0 Å². The van der Waals surface area contributed by atoms with Crippen molar-refractivity contribution < 1.29 is 14.7 Å². The highest BCUT2D eigenvalue weighted by Crippen LogP contribution is 2.08. The minimum Gasteiger partial charge on any atom is -0.478 e. The largest absolute Gasteiger partial charge is 0.478 e. The van der Waals surface area contributed by atoms with Crippen molar-refractivity contribution in [1.82, 2.24) is 10.4 Å². The number of carbonyl (C=O) groups excluding carboxylic acids is 1. The molecule has 0 spiro atoms. The topological polar surface area (TPSA) is 91.7 Å². The molecule has 0 aliphatic heterocycles. The Bertz CT molecular complexity index is 677. The van der Waals surface area contributed by atoms with E-state index in [1.165, 1.54) is 29.7 Å². The molecule has 0 saturated heterocycles. The zero-order valence-corrected chi connectivity index (χ0v) is 12.1. The first-order valence-corrected chi connectivity index (χ1v) is 6.99. The number of carboxylic acid groups (broad SMARTS) is 1. The lowest BCUT2D eigenvalue weighted by Crippen LogP contribution is -2.19. The maximum Gasteiger partial charge on any atom is 0.335 e. The van der Waals surface area contributed by atoms with Crippen molar-refractivity contribution in [2.45, 2.75) is 13.3 Å². The predicted molar refractivity (Wildman–Crippen MR) is 79.7 cm³/mol. The third-order valence-electron chi connectivity index (χ3n) is 2.57. The van der Waals surface area contributed by atoms with E-state index in [4.69, 9.17) is 5.11 Å². The lowest BCUT2D eigenvalue weighted by Gasteiger charge is -1.98. The molecule has 2 aromatic rings. The molecule has 0 radical (unpaired) electrons. The van der Waals surface area contributed by atoms with Gasteiger partial charge in [-0.3, -0.25) is 4.79 Å². The molecule has 0 bridgehead atoms. The lowest BCUT2D eigenvalue weighted by molar-refractivity contribution is -0.120. The van der Waals surface area contributed by atoms with Gasteiger partial charge in [0.2, 0.25) is 5.91 Å². The number of hydrogen-bond donors (Lipinski definition) is 2. The maximum absolute atomic E-state index is 11.6. The Morgan fingerprint density at radius 2 is 2.10 bits per heavy atom. The Balaban J connectivity index is 1.86. The number of rotatable bonds is 5. The van der Waals surface area contributed by atoms with Crippen LogP contribution in [-0.4, -0.2) is 28.2 Å². The fraction of sp³-hybridized carbons (Fsp3) is 0.143. The molecule has 6 nitrogen and oxygen atoms in total. The van der Waals surface area contributed by atoms with Gasteiger partial charge in [-0.15, -0.1) is 11.3 Å². The van der Waals surface area contributed by atoms with Gasteiger partial charge in [-0.1, -0.05) is 12.1 Å². The summed E-state index contributed by atoms with van der Waals surface area (Å²) in [5.41, 5.74) is 4.03. The molecule has 0 aliphatic rings.